The van der Waals surface area contributed by atoms with Crippen LogP contribution in [0.15, 0.2) is 46.2 Å². The van der Waals surface area contributed by atoms with Crippen LogP contribution in [-0.2, 0) is 6.42 Å². The lowest BCUT2D eigenvalue weighted by atomic mass is 10.0. The molecule has 0 amide bonds. The summed E-state index contributed by atoms with van der Waals surface area (Å²) < 4.78 is 13.3. The van der Waals surface area contributed by atoms with E-state index >= 15 is 0 Å². The van der Waals surface area contributed by atoms with Gasteiger partial charge in [-0.15, -0.1) is 0 Å². The van der Waals surface area contributed by atoms with Crippen LogP contribution in [0.25, 0.3) is 0 Å². The highest BCUT2D eigenvalue weighted by Crippen LogP contribution is 2.38. The molecule has 0 atom stereocenters. The number of hydrogen-bond donors (Lipinski definition) is 0. The lowest BCUT2D eigenvalue weighted by Gasteiger charge is -2.05. The Morgan fingerprint density at radius 3 is 2.78 bits per heavy atom. The molecule has 2 aromatic carbocycles. The van der Waals surface area contributed by atoms with Crippen molar-refractivity contribution >= 4 is 29.1 Å². The van der Waals surface area contributed by atoms with Crippen molar-refractivity contribution in [2.45, 2.75) is 16.2 Å². The second kappa shape index (κ2) is 4.41. The van der Waals surface area contributed by atoms with Gasteiger partial charge in [-0.25, -0.2) is 4.39 Å². The van der Waals surface area contributed by atoms with Crippen molar-refractivity contribution in [1.29, 1.82) is 0 Å². The average Bonchev–Trinajstić information content (AvgIpc) is 2.44. The second-order valence-electron chi connectivity index (χ2n) is 4.09. The number of halogens is 2. The number of carbonyl (C=O) groups is 1. The molecule has 0 bridgehead atoms. The smallest absolute Gasteiger partial charge is 0.168 e. The highest BCUT2D eigenvalue weighted by molar-refractivity contribution is 7.99. The van der Waals surface area contributed by atoms with Crippen molar-refractivity contribution in [3.8, 4) is 0 Å². The topological polar surface area (TPSA) is 17.1 Å². The van der Waals surface area contributed by atoms with Crippen molar-refractivity contribution in [3.63, 3.8) is 0 Å². The number of benzene rings is 2. The van der Waals surface area contributed by atoms with Crippen LogP contribution < -0.4 is 0 Å². The molecule has 3 rings (SSSR count). The van der Waals surface area contributed by atoms with E-state index in [4.69, 9.17) is 11.6 Å². The summed E-state index contributed by atoms with van der Waals surface area (Å²) >= 11 is 7.34. The fourth-order valence-corrected chi connectivity index (χ4v) is 3.36. The molecule has 1 aliphatic rings. The Balaban J connectivity index is 2.18. The molecule has 0 saturated heterocycles. The summed E-state index contributed by atoms with van der Waals surface area (Å²) in [5.74, 6) is -0.321. The maximum absolute atomic E-state index is 13.3. The molecule has 0 aromatic heterocycles. The highest BCUT2D eigenvalue weighted by Gasteiger charge is 2.20. The van der Waals surface area contributed by atoms with E-state index in [2.05, 4.69) is 0 Å². The van der Waals surface area contributed by atoms with Crippen molar-refractivity contribution in [2.24, 2.45) is 0 Å². The molecule has 1 heterocycles. The van der Waals surface area contributed by atoms with Crippen LogP contribution in [0.4, 0.5) is 4.39 Å². The van der Waals surface area contributed by atoms with Crippen LogP contribution in [0.5, 0.6) is 0 Å². The molecule has 0 unspecified atom stereocenters. The van der Waals surface area contributed by atoms with E-state index in [0.717, 1.165) is 10.5 Å². The molecule has 0 N–H and O–H groups in total. The lowest BCUT2D eigenvalue weighted by molar-refractivity contribution is 0.0990. The molecule has 18 heavy (non-hydrogen) atoms. The molecule has 1 nitrogen and oxygen atoms in total. The monoisotopic (exact) mass is 278 g/mol. The van der Waals surface area contributed by atoms with Gasteiger partial charge in [-0.2, -0.15) is 0 Å². The van der Waals surface area contributed by atoms with Crippen LogP contribution in [0.1, 0.15) is 15.9 Å². The Hall–Kier alpha value is -1.32. The molecule has 0 saturated carbocycles. The van der Waals surface area contributed by atoms with Gasteiger partial charge < -0.3 is 0 Å². The van der Waals surface area contributed by atoms with Gasteiger partial charge in [0.15, 0.2) is 5.78 Å². The first-order valence-corrected chi connectivity index (χ1v) is 6.62. The van der Waals surface area contributed by atoms with Crippen LogP contribution in [-0.4, -0.2) is 5.78 Å². The van der Waals surface area contributed by atoms with Crippen LogP contribution >= 0.6 is 23.4 Å². The molecule has 1 aliphatic heterocycles. The zero-order chi connectivity index (χ0) is 12.7. The van der Waals surface area contributed by atoms with Crippen molar-refractivity contribution in [3.05, 3.63) is 58.4 Å². The summed E-state index contributed by atoms with van der Waals surface area (Å²) in [6.45, 7) is 0. The zero-order valence-corrected chi connectivity index (χ0v) is 10.8. The third-order valence-electron chi connectivity index (χ3n) is 2.84. The Morgan fingerprint density at radius 2 is 1.94 bits per heavy atom. The van der Waals surface area contributed by atoms with E-state index in [1.54, 1.807) is 12.1 Å². The molecule has 2 aromatic rings. The summed E-state index contributed by atoms with van der Waals surface area (Å²) in [5.41, 5.74) is 1.51. The largest absolute Gasteiger partial charge is 0.294 e. The standard InChI is InChI=1S/C14H8ClFOS/c15-9-2-1-8-5-12(17)11-4-3-10(16)7-14(11)18-13(8)6-9/h1-4,6-7H,5H2. The van der Waals surface area contributed by atoms with Crippen molar-refractivity contribution in [2.75, 3.05) is 0 Å². The average molecular weight is 279 g/mol. The summed E-state index contributed by atoms with van der Waals surface area (Å²) in [5, 5.41) is 0.619. The number of Topliss-reactive ketones (excluding diaryl/α,β-unsaturated/α-hetero) is 1. The Morgan fingerprint density at radius 1 is 1.11 bits per heavy atom. The third kappa shape index (κ3) is 2.04. The van der Waals surface area contributed by atoms with E-state index in [9.17, 15) is 9.18 Å². The number of hydrogen-bond acceptors (Lipinski definition) is 2. The normalized spacial score (nSPS) is 13.8. The first-order valence-electron chi connectivity index (χ1n) is 5.42. The fraction of sp³-hybridized carbons (Fsp3) is 0.0714. The van der Waals surface area contributed by atoms with Gasteiger partial charge >= 0.3 is 0 Å². The van der Waals surface area contributed by atoms with Crippen LogP contribution in [0, 0.1) is 5.82 Å². The quantitative estimate of drug-likeness (QED) is 0.712. The van der Waals surface area contributed by atoms with Crippen molar-refractivity contribution in [1.82, 2.24) is 0 Å². The number of carbonyl (C=O) groups excluding carboxylic acids is 1. The van der Waals surface area contributed by atoms with Gasteiger partial charge in [0.1, 0.15) is 5.82 Å². The number of ketones is 1. The maximum atomic E-state index is 13.3. The van der Waals surface area contributed by atoms with Gasteiger partial charge in [0.25, 0.3) is 0 Å². The van der Waals surface area contributed by atoms with E-state index in [1.807, 2.05) is 12.1 Å². The van der Waals surface area contributed by atoms with Gasteiger partial charge in [0.2, 0.25) is 0 Å². The molecule has 0 spiro atoms. The van der Waals surface area contributed by atoms with Gasteiger partial charge in [-0.3, -0.25) is 4.79 Å². The minimum atomic E-state index is -0.334. The molecular weight excluding hydrogens is 271 g/mol. The fourth-order valence-electron chi connectivity index (χ4n) is 1.97. The highest BCUT2D eigenvalue weighted by atomic mass is 35.5. The summed E-state index contributed by atoms with van der Waals surface area (Å²) in [7, 11) is 0. The van der Waals surface area contributed by atoms with Crippen molar-refractivity contribution < 1.29 is 9.18 Å². The van der Waals surface area contributed by atoms with Gasteiger partial charge in [0.05, 0.1) is 0 Å². The molecule has 0 aliphatic carbocycles. The van der Waals surface area contributed by atoms with Gasteiger partial charge in [-0.05, 0) is 35.9 Å². The predicted octanol–water partition coefficient (Wildman–Crippen LogP) is 4.37. The Kier molecular flexibility index (Phi) is 2.88. The summed E-state index contributed by atoms with van der Waals surface area (Å²) in [4.78, 5) is 13.7. The number of fused-ring (bicyclic) bond motifs is 2. The molecule has 0 radical (unpaired) electrons. The molecule has 0 fully saturated rings. The van der Waals surface area contributed by atoms with Crippen LogP contribution in [0.3, 0.4) is 0 Å². The zero-order valence-electron chi connectivity index (χ0n) is 9.24. The minimum absolute atomic E-state index is 0.0126. The minimum Gasteiger partial charge on any atom is -0.294 e. The lowest BCUT2D eigenvalue weighted by Crippen LogP contribution is -2.03. The summed E-state index contributed by atoms with van der Waals surface area (Å²) in [6, 6.07) is 9.70. The summed E-state index contributed by atoms with van der Waals surface area (Å²) in [6.07, 6.45) is 0.331. The van der Waals surface area contributed by atoms with Gasteiger partial charge in [-0.1, -0.05) is 29.4 Å². The molecule has 4 heteroatoms. The molecular formula is C14H8ClFOS. The SMILES string of the molecule is O=C1Cc2ccc(Cl)cc2Sc2cc(F)ccc21. The first kappa shape index (κ1) is 11.8. The predicted molar refractivity (Wildman–Crippen MR) is 70.0 cm³/mol. The van der Waals surface area contributed by atoms with Crippen LogP contribution in [0.2, 0.25) is 5.02 Å². The first-order chi connectivity index (χ1) is 8.63. The third-order valence-corrected chi connectivity index (χ3v) is 4.24. The van der Waals surface area contributed by atoms with E-state index in [0.29, 0.717) is 21.9 Å². The Labute approximate surface area is 113 Å². The van der Waals surface area contributed by atoms with E-state index in [1.165, 1.54) is 23.9 Å². The number of rotatable bonds is 0. The van der Waals surface area contributed by atoms with Gasteiger partial charge in [0, 0.05) is 26.8 Å². The second-order valence-corrected chi connectivity index (χ2v) is 5.61. The van der Waals surface area contributed by atoms with E-state index in [-0.39, 0.29) is 11.6 Å². The van der Waals surface area contributed by atoms with E-state index < -0.39 is 0 Å². The molecule has 90 valence electrons. The maximum Gasteiger partial charge on any atom is 0.168 e. The Bertz CT molecular complexity index is 654.